The number of alkyl carbamates (subject to hydrolysis) is 1. The number of nitrogens with one attached hydrogen (secondary N) is 2. The number of ether oxygens (including phenoxy) is 1. The minimum absolute atomic E-state index is 0.00113. The molecule has 5 rings (SSSR count). The van der Waals surface area contributed by atoms with E-state index in [2.05, 4.69) is 88.6 Å². The Kier molecular flexibility index (Phi) is 15.9. The van der Waals surface area contributed by atoms with Gasteiger partial charge in [0.15, 0.2) is 0 Å². The Morgan fingerprint density at radius 2 is 1.28 bits per heavy atom. The second-order valence-electron chi connectivity index (χ2n) is 19.7. The lowest BCUT2D eigenvalue weighted by Crippen LogP contribution is -2.51. The lowest BCUT2D eigenvalue weighted by atomic mass is 9.78. The maximum Gasteiger partial charge on any atom is 0.407 e. The first-order valence-electron chi connectivity index (χ1n) is 20.6. The van der Waals surface area contributed by atoms with Crippen LogP contribution in [0.1, 0.15) is 126 Å². The summed E-state index contributed by atoms with van der Waals surface area (Å²) in [6, 6.07) is 15.3. The largest absolute Gasteiger partial charge is 0.444 e. The predicted molar refractivity (Wildman–Crippen MR) is 224 cm³/mol. The number of halogens is 2. The number of aliphatic hydroxyl groups is 3. The van der Waals surface area contributed by atoms with Crippen LogP contribution in [-0.2, 0) is 36.8 Å². The molecule has 2 aliphatic carbocycles. The smallest absolute Gasteiger partial charge is 0.407 e. The van der Waals surface area contributed by atoms with Gasteiger partial charge in [-0.15, -0.1) is 0 Å². The Bertz CT molecular complexity index is 1760. The van der Waals surface area contributed by atoms with Gasteiger partial charge in [0.2, 0.25) is 0 Å². The van der Waals surface area contributed by atoms with Crippen molar-refractivity contribution in [1.29, 1.82) is 0 Å². The first kappa shape index (κ1) is 46.3. The number of rotatable bonds is 11. The van der Waals surface area contributed by atoms with Crippen molar-refractivity contribution in [2.75, 3.05) is 19.8 Å². The average molecular weight is 794 g/mol. The molecule has 316 valence electrons. The van der Waals surface area contributed by atoms with Crippen LogP contribution in [-0.4, -0.2) is 58.9 Å². The van der Waals surface area contributed by atoms with Gasteiger partial charge in [0, 0.05) is 49.7 Å². The fourth-order valence-electron chi connectivity index (χ4n) is 8.12. The molecule has 2 aliphatic rings. The highest BCUT2D eigenvalue weighted by atomic mass is 19.1. The normalized spacial score (nSPS) is 20.7. The topological polar surface area (TPSA) is 137 Å². The third-order valence-electron chi connectivity index (χ3n) is 10.7. The van der Waals surface area contributed by atoms with Crippen LogP contribution in [0.3, 0.4) is 0 Å². The van der Waals surface area contributed by atoms with Crippen molar-refractivity contribution in [1.82, 2.24) is 10.6 Å². The SMILES string of the molecule is CC(C)(C)Cc1ccc2c(c1)[C@@H](N)C(CO)CC2.CC(C)(C)Cc1ccc2c(c1)[C@@H](NC[C@@H](O)[C@H](Cc1cc(F)cc(F)c1)NC(=O)OC(C)(C)C)C(CO)CC2. The van der Waals surface area contributed by atoms with E-state index in [9.17, 15) is 28.9 Å². The third-order valence-corrected chi connectivity index (χ3v) is 10.7. The molecular formula is C47H69F2N3O5. The van der Waals surface area contributed by atoms with Crippen molar-refractivity contribution in [3.8, 4) is 0 Å². The van der Waals surface area contributed by atoms with Crippen LogP contribution < -0.4 is 16.4 Å². The number of aliphatic hydroxyl groups excluding tert-OH is 3. The Morgan fingerprint density at radius 3 is 1.79 bits per heavy atom. The van der Waals surface area contributed by atoms with Crippen molar-refractivity contribution in [3.63, 3.8) is 0 Å². The molecule has 0 aliphatic heterocycles. The first-order valence-corrected chi connectivity index (χ1v) is 20.6. The van der Waals surface area contributed by atoms with Crippen LogP contribution in [0, 0.1) is 34.3 Å². The highest BCUT2D eigenvalue weighted by Crippen LogP contribution is 2.37. The fourth-order valence-corrected chi connectivity index (χ4v) is 8.12. The van der Waals surface area contributed by atoms with Gasteiger partial charge in [-0.2, -0.15) is 0 Å². The lowest BCUT2D eigenvalue weighted by Gasteiger charge is -2.35. The van der Waals surface area contributed by atoms with Gasteiger partial charge >= 0.3 is 6.09 Å². The number of hydrogen-bond acceptors (Lipinski definition) is 7. The number of fused-ring (bicyclic) bond motifs is 2. The summed E-state index contributed by atoms with van der Waals surface area (Å²) in [5.74, 6) is -1.28. The van der Waals surface area contributed by atoms with Crippen LogP contribution in [0.15, 0.2) is 54.6 Å². The quantitative estimate of drug-likeness (QED) is 0.116. The molecule has 57 heavy (non-hydrogen) atoms. The molecule has 0 spiro atoms. The lowest BCUT2D eigenvalue weighted by molar-refractivity contribution is 0.0414. The average Bonchev–Trinajstić information content (AvgIpc) is 3.08. The monoisotopic (exact) mass is 794 g/mol. The molecule has 0 aromatic heterocycles. The van der Waals surface area contributed by atoms with E-state index in [4.69, 9.17) is 10.5 Å². The predicted octanol–water partition coefficient (Wildman–Crippen LogP) is 8.07. The van der Waals surface area contributed by atoms with Gasteiger partial charge in [0.25, 0.3) is 0 Å². The highest BCUT2D eigenvalue weighted by Gasteiger charge is 2.32. The molecule has 8 nitrogen and oxygen atoms in total. The molecule has 0 bridgehead atoms. The maximum atomic E-state index is 13.9. The number of amides is 1. The van der Waals surface area contributed by atoms with E-state index in [0.29, 0.717) is 11.0 Å². The minimum atomic E-state index is -1.11. The Balaban J connectivity index is 0.000000332. The third kappa shape index (κ3) is 14.4. The molecule has 6 atom stereocenters. The van der Waals surface area contributed by atoms with E-state index in [1.807, 2.05) is 0 Å². The van der Waals surface area contributed by atoms with Crippen molar-refractivity contribution in [2.24, 2.45) is 28.4 Å². The summed E-state index contributed by atoms with van der Waals surface area (Å²) in [6.45, 7) is 18.8. The zero-order chi connectivity index (χ0) is 42.3. The molecule has 2 unspecified atom stereocenters. The van der Waals surface area contributed by atoms with E-state index in [0.717, 1.165) is 50.2 Å². The summed E-state index contributed by atoms with van der Waals surface area (Å²) in [5.41, 5.74) is 13.7. The zero-order valence-corrected chi connectivity index (χ0v) is 35.7. The summed E-state index contributed by atoms with van der Waals surface area (Å²) >= 11 is 0. The van der Waals surface area contributed by atoms with Crippen LogP contribution >= 0.6 is 0 Å². The Morgan fingerprint density at radius 1 is 0.772 bits per heavy atom. The van der Waals surface area contributed by atoms with Gasteiger partial charge in [0.1, 0.15) is 17.2 Å². The van der Waals surface area contributed by atoms with Crippen molar-refractivity contribution in [3.05, 3.63) is 105 Å². The molecule has 0 saturated carbocycles. The number of carbonyl (C=O) groups excluding carboxylic acids is 1. The first-order chi connectivity index (χ1) is 26.5. The molecule has 10 heteroatoms. The molecule has 1 amide bonds. The number of nitrogens with two attached hydrogens (primary N) is 1. The molecule has 3 aromatic carbocycles. The van der Waals surface area contributed by atoms with Gasteiger partial charge < -0.3 is 36.4 Å². The zero-order valence-electron chi connectivity index (χ0n) is 35.7. The molecule has 0 fully saturated rings. The standard InChI is InChI=1S/C31H44F2N2O4.C16H25NO/c1-30(2,3)16-19-7-8-21-9-10-22(18-36)28(25(21)13-19)34-17-27(37)26(35-29(38)39-31(4,5)6)14-20-11-23(32)15-24(33)12-20;1-16(2,3)9-11-4-5-12-6-7-13(10-18)15(17)14(12)8-11/h7-8,11-13,15,22,26-28,34,36-37H,9-10,14,16-18H2,1-6H3,(H,35,38);4-5,8,13,15,18H,6-7,9-10,17H2,1-3H3/t22?,26-,27+,28-;13?,15-/m00/s1. The van der Waals surface area contributed by atoms with E-state index >= 15 is 0 Å². The summed E-state index contributed by atoms with van der Waals surface area (Å²) in [4.78, 5) is 12.6. The van der Waals surface area contributed by atoms with Crippen molar-refractivity contribution < 1.29 is 33.6 Å². The molecule has 0 saturated heterocycles. The fraction of sp³-hybridized carbons (Fsp3) is 0.596. The molecule has 0 heterocycles. The van der Waals surface area contributed by atoms with Gasteiger partial charge in [0.05, 0.1) is 12.1 Å². The molecule has 0 radical (unpaired) electrons. The van der Waals surface area contributed by atoms with Crippen molar-refractivity contribution >= 4 is 6.09 Å². The highest BCUT2D eigenvalue weighted by molar-refractivity contribution is 5.68. The van der Waals surface area contributed by atoms with Crippen LogP contribution in [0.5, 0.6) is 0 Å². The van der Waals surface area contributed by atoms with Crippen LogP contribution in [0.4, 0.5) is 13.6 Å². The van der Waals surface area contributed by atoms with Gasteiger partial charge in [-0.3, -0.25) is 0 Å². The molecular weight excluding hydrogens is 725 g/mol. The van der Waals surface area contributed by atoms with Crippen LogP contribution in [0.25, 0.3) is 0 Å². The van der Waals surface area contributed by atoms with Crippen molar-refractivity contribution in [2.45, 2.75) is 137 Å². The van der Waals surface area contributed by atoms with E-state index in [1.165, 1.54) is 39.9 Å². The van der Waals surface area contributed by atoms with E-state index in [1.54, 1.807) is 20.8 Å². The summed E-state index contributed by atoms with van der Waals surface area (Å²) < 4.78 is 33.1. The number of benzene rings is 3. The van der Waals surface area contributed by atoms with E-state index in [-0.39, 0.29) is 55.5 Å². The maximum absolute atomic E-state index is 13.9. The van der Waals surface area contributed by atoms with E-state index < -0.39 is 35.5 Å². The van der Waals surface area contributed by atoms with Gasteiger partial charge in [-0.1, -0.05) is 77.9 Å². The van der Waals surface area contributed by atoms with Gasteiger partial charge in [-0.05, 0) is 128 Å². The Labute approximate surface area is 340 Å². The second kappa shape index (κ2) is 19.6. The number of carbonyl (C=O) groups is 1. The summed E-state index contributed by atoms with van der Waals surface area (Å²) in [5, 5.41) is 36.8. The van der Waals surface area contributed by atoms with Crippen LogP contribution in [0.2, 0.25) is 0 Å². The minimum Gasteiger partial charge on any atom is -0.444 e. The van der Waals surface area contributed by atoms with Gasteiger partial charge in [-0.25, -0.2) is 13.6 Å². The number of aryl methyl sites for hydroxylation is 2. The summed E-state index contributed by atoms with van der Waals surface area (Å²) in [6.07, 6.45) is 3.86. The second-order valence-corrected chi connectivity index (χ2v) is 19.7. The molecule has 7 N–H and O–H groups in total. The summed E-state index contributed by atoms with van der Waals surface area (Å²) in [7, 11) is 0. The Hall–Kier alpha value is -3.41. The number of hydrogen-bond donors (Lipinski definition) is 6. The molecule has 3 aromatic rings.